The fraction of sp³-hybridized carbons (Fsp3) is 0.571. The highest BCUT2D eigenvalue weighted by molar-refractivity contribution is 6.48. The van der Waals surface area contributed by atoms with Crippen LogP contribution < -0.4 is 5.32 Å². The van der Waals surface area contributed by atoms with E-state index < -0.39 is 0 Å². The zero-order valence-electron chi connectivity index (χ0n) is 11.4. The van der Waals surface area contributed by atoms with Crippen LogP contribution in [-0.2, 0) is 0 Å². The van der Waals surface area contributed by atoms with Gasteiger partial charge < -0.3 is 10.4 Å². The van der Waals surface area contributed by atoms with E-state index in [4.69, 9.17) is 34.8 Å². The number of benzene rings is 1. The Bertz CT molecular complexity index is 423. The zero-order chi connectivity index (χ0) is 14.6. The molecule has 0 aromatic heterocycles. The summed E-state index contributed by atoms with van der Waals surface area (Å²) in [5, 5.41) is 14.1. The van der Waals surface area contributed by atoms with E-state index in [0.29, 0.717) is 21.0 Å². The molecule has 0 bridgehead atoms. The second kappa shape index (κ2) is 7.70. The summed E-state index contributed by atoms with van der Waals surface area (Å²) in [6.07, 6.45) is 0.903. The first-order valence-corrected chi connectivity index (χ1v) is 7.50. The summed E-state index contributed by atoms with van der Waals surface area (Å²) in [7, 11) is 0. The maximum Gasteiger partial charge on any atom is 0.0781 e. The molecule has 2 N–H and O–H groups in total. The second-order valence-electron chi connectivity index (χ2n) is 5.16. The Morgan fingerprint density at radius 1 is 1.11 bits per heavy atom. The second-order valence-corrected chi connectivity index (χ2v) is 6.33. The molecule has 0 fully saturated rings. The van der Waals surface area contributed by atoms with Crippen molar-refractivity contribution in [3.63, 3.8) is 0 Å². The lowest BCUT2D eigenvalue weighted by Gasteiger charge is -2.24. The van der Waals surface area contributed by atoms with Crippen LogP contribution in [0.5, 0.6) is 0 Å². The van der Waals surface area contributed by atoms with Gasteiger partial charge in [-0.25, -0.2) is 0 Å². The van der Waals surface area contributed by atoms with Gasteiger partial charge in [0.05, 0.1) is 21.7 Å². The lowest BCUT2D eigenvalue weighted by atomic mass is 10.0. The molecule has 0 heterocycles. The van der Waals surface area contributed by atoms with Crippen LogP contribution in [0.25, 0.3) is 0 Å². The van der Waals surface area contributed by atoms with Gasteiger partial charge in [0.25, 0.3) is 0 Å². The maximum atomic E-state index is 9.40. The Balaban J connectivity index is 2.83. The molecular formula is C14H20Cl3NO. The minimum atomic E-state index is -0.00170. The molecule has 1 aromatic rings. The van der Waals surface area contributed by atoms with Crippen LogP contribution in [0.15, 0.2) is 12.1 Å². The lowest BCUT2D eigenvalue weighted by molar-refractivity contribution is 0.215. The van der Waals surface area contributed by atoms with Gasteiger partial charge in [-0.2, -0.15) is 0 Å². The fourth-order valence-corrected chi connectivity index (χ4v) is 2.79. The van der Waals surface area contributed by atoms with Gasteiger partial charge >= 0.3 is 0 Å². The third-order valence-electron chi connectivity index (χ3n) is 2.99. The minimum Gasteiger partial charge on any atom is -0.395 e. The molecule has 2 nitrogen and oxygen atoms in total. The van der Waals surface area contributed by atoms with Crippen LogP contribution in [-0.4, -0.2) is 17.8 Å². The number of aliphatic hydroxyl groups is 1. The van der Waals surface area contributed by atoms with Crippen LogP contribution in [0.1, 0.15) is 38.8 Å². The molecule has 0 aliphatic carbocycles. The molecule has 0 radical (unpaired) electrons. The van der Waals surface area contributed by atoms with E-state index in [1.54, 1.807) is 6.07 Å². The van der Waals surface area contributed by atoms with E-state index in [9.17, 15) is 5.11 Å². The van der Waals surface area contributed by atoms with E-state index in [2.05, 4.69) is 19.2 Å². The smallest absolute Gasteiger partial charge is 0.0781 e. The van der Waals surface area contributed by atoms with Crippen LogP contribution in [0.2, 0.25) is 15.1 Å². The number of nitrogens with one attached hydrogen (secondary N) is 1. The highest BCUT2D eigenvalue weighted by Gasteiger charge is 2.18. The quantitative estimate of drug-likeness (QED) is 0.743. The number of hydrogen-bond acceptors (Lipinski definition) is 2. The average molecular weight is 325 g/mol. The van der Waals surface area contributed by atoms with Gasteiger partial charge in [-0.05, 0) is 30.9 Å². The fourth-order valence-electron chi connectivity index (χ4n) is 2.08. The minimum absolute atomic E-state index is 0.00170. The predicted molar refractivity (Wildman–Crippen MR) is 83.4 cm³/mol. The summed E-state index contributed by atoms with van der Waals surface area (Å²) in [6, 6.07) is 3.64. The van der Waals surface area contributed by atoms with Gasteiger partial charge in [0.1, 0.15) is 0 Å². The molecule has 2 unspecified atom stereocenters. The van der Waals surface area contributed by atoms with E-state index in [1.807, 2.05) is 13.0 Å². The third-order valence-corrected chi connectivity index (χ3v) is 4.30. The normalized spacial score (nSPS) is 14.7. The van der Waals surface area contributed by atoms with Crippen molar-refractivity contribution in [3.05, 3.63) is 32.8 Å². The van der Waals surface area contributed by atoms with Crippen molar-refractivity contribution in [2.75, 3.05) is 6.61 Å². The van der Waals surface area contributed by atoms with Crippen molar-refractivity contribution in [1.29, 1.82) is 0 Å². The van der Waals surface area contributed by atoms with Crippen molar-refractivity contribution >= 4 is 34.8 Å². The molecule has 0 spiro atoms. The van der Waals surface area contributed by atoms with Gasteiger partial charge in [-0.15, -0.1) is 0 Å². The highest BCUT2D eigenvalue weighted by atomic mass is 35.5. The topological polar surface area (TPSA) is 32.3 Å². The van der Waals surface area contributed by atoms with Gasteiger partial charge in [-0.1, -0.05) is 54.7 Å². The van der Waals surface area contributed by atoms with Gasteiger partial charge in [0, 0.05) is 12.1 Å². The van der Waals surface area contributed by atoms with Crippen LogP contribution >= 0.6 is 34.8 Å². The van der Waals surface area contributed by atoms with Crippen molar-refractivity contribution in [1.82, 2.24) is 5.32 Å². The molecule has 2 atom stereocenters. The van der Waals surface area contributed by atoms with E-state index in [1.165, 1.54) is 0 Å². The Kier molecular flexibility index (Phi) is 6.92. The van der Waals surface area contributed by atoms with Crippen molar-refractivity contribution in [3.8, 4) is 0 Å². The summed E-state index contributed by atoms with van der Waals surface area (Å²) < 4.78 is 0. The molecule has 0 aliphatic rings. The largest absolute Gasteiger partial charge is 0.395 e. The molecule has 0 amide bonds. The summed E-state index contributed by atoms with van der Waals surface area (Å²) >= 11 is 18.2. The van der Waals surface area contributed by atoms with Gasteiger partial charge in [0.2, 0.25) is 0 Å². The zero-order valence-corrected chi connectivity index (χ0v) is 13.6. The molecule has 19 heavy (non-hydrogen) atoms. The predicted octanol–water partition coefficient (Wildman–Crippen LogP) is 4.70. The highest BCUT2D eigenvalue weighted by Crippen LogP contribution is 2.35. The molecule has 0 aliphatic heterocycles. The summed E-state index contributed by atoms with van der Waals surface area (Å²) in [5.41, 5.74) is 0.887. The van der Waals surface area contributed by atoms with Crippen molar-refractivity contribution < 1.29 is 5.11 Å². The van der Waals surface area contributed by atoms with Crippen molar-refractivity contribution in [2.45, 2.75) is 39.3 Å². The molecule has 5 heteroatoms. The number of halogens is 3. The van der Waals surface area contributed by atoms with Gasteiger partial charge in [-0.3, -0.25) is 0 Å². The van der Waals surface area contributed by atoms with Crippen LogP contribution in [0, 0.1) is 5.92 Å². The third kappa shape index (κ3) is 4.80. The first-order chi connectivity index (χ1) is 8.86. The van der Waals surface area contributed by atoms with E-state index >= 15 is 0 Å². The standard InChI is InChI=1S/C14H20Cl3NO/c1-8(2)6-10(7-19)18-9(3)11-4-5-12(15)14(17)13(11)16/h4-5,8-10,18-19H,6-7H2,1-3H3. The first kappa shape index (κ1) is 17.1. The van der Waals surface area contributed by atoms with Crippen molar-refractivity contribution in [2.24, 2.45) is 5.92 Å². The molecular weight excluding hydrogens is 305 g/mol. The molecule has 0 saturated carbocycles. The van der Waals surface area contributed by atoms with Crippen LogP contribution in [0.4, 0.5) is 0 Å². The molecule has 0 saturated heterocycles. The van der Waals surface area contributed by atoms with E-state index in [0.717, 1.165) is 12.0 Å². The van der Waals surface area contributed by atoms with E-state index in [-0.39, 0.29) is 18.7 Å². The Morgan fingerprint density at radius 3 is 2.26 bits per heavy atom. The Labute approximate surface area is 130 Å². The Hall–Kier alpha value is 0.01000. The maximum absolute atomic E-state index is 9.40. The molecule has 108 valence electrons. The number of rotatable bonds is 6. The summed E-state index contributed by atoms with van der Waals surface area (Å²) in [4.78, 5) is 0. The summed E-state index contributed by atoms with van der Waals surface area (Å²) in [6.45, 7) is 6.35. The number of hydrogen-bond donors (Lipinski definition) is 2. The SMILES string of the molecule is CC(C)CC(CO)NC(C)c1ccc(Cl)c(Cl)c1Cl. The molecule has 1 rings (SSSR count). The Morgan fingerprint density at radius 2 is 1.74 bits per heavy atom. The summed E-state index contributed by atoms with van der Waals surface area (Å²) in [5.74, 6) is 0.515. The first-order valence-electron chi connectivity index (χ1n) is 6.37. The lowest BCUT2D eigenvalue weighted by Crippen LogP contribution is -2.35. The average Bonchev–Trinajstić information content (AvgIpc) is 2.34. The van der Waals surface area contributed by atoms with Crippen LogP contribution in [0.3, 0.4) is 0 Å². The monoisotopic (exact) mass is 323 g/mol. The van der Waals surface area contributed by atoms with Gasteiger partial charge in [0.15, 0.2) is 0 Å². The molecule has 1 aromatic carbocycles. The number of aliphatic hydroxyl groups excluding tert-OH is 1.